The van der Waals surface area contributed by atoms with E-state index < -0.39 is 5.82 Å². The fraction of sp³-hybridized carbons (Fsp3) is 0.435. The Morgan fingerprint density at radius 3 is 2.34 bits per heavy atom. The number of aromatic hydroxyl groups is 1. The lowest BCUT2D eigenvalue weighted by Gasteiger charge is -2.45. The molecule has 2 aromatic heterocycles. The maximum atomic E-state index is 14.8. The summed E-state index contributed by atoms with van der Waals surface area (Å²) in [5.74, 6) is 0.157. The lowest BCUT2D eigenvalue weighted by Crippen LogP contribution is -2.58. The first-order valence-corrected chi connectivity index (χ1v) is 10.8. The van der Waals surface area contributed by atoms with Crippen LogP contribution in [-0.2, 0) is 0 Å². The van der Waals surface area contributed by atoms with Gasteiger partial charge in [0.05, 0.1) is 18.1 Å². The molecule has 3 aromatic rings. The van der Waals surface area contributed by atoms with E-state index >= 15 is 0 Å². The molecule has 166 valence electrons. The van der Waals surface area contributed by atoms with E-state index in [2.05, 4.69) is 56.7 Å². The normalized spacial score (nSPS) is 26.8. The molecule has 2 N–H and O–H groups in total. The Morgan fingerprint density at radius 1 is 1.03 bits per heavy atom. The summed E-state index contributed by atoms with van der Waals surface area (Å²) in [6.07, 6.45) is 7.25. The fourth-order valence-corrected chi connectivity index (χ4v) is 5.31. The van der Waals surface area contributed by atoms with Gasteiger partial charge in [0, 0.05) is 40.9 Å². The van der Waals surface area contributed by atoms with Crippen molar-refractivity contribution in [2.75, 3.05) is 11.9 Å². The predicted molar refractivity (Wildman–Crippen MR) is 119 cm³/mol. The van der Waals surface area contributed by atoms with Crippen molar-refractivity contribution in [1.29, 1.82) is 0 Å². The molecule has 5 rings (SSSR count). The van der Waals surface area contributed by atoms with E-state index in [1.165, 1.54) is 37.4 Å². The van der Waals surface area contributed by atoms with Crippen LogP contribution < -0.4 is 10.2 Å². The van der Waals surface area contributed by atoms with Crippen LogP contribution in [0.3, 0.4) is 0 Å². The zero-order valence-corrected chi connectivity index (χ0v) is 18.4. The lowest BCUT2D eigenvalue weighted by molar-refractivity contribution is 0.207. The molecule has 2 fully saturated rings. The van der Waals surface area contributed by atoms with Gasteiger partial charge in [0.25, 0.3) is 0 Å². The molecule has 2 aliphatic heterocycles. The smallest absolute Gasteiger partial charge is 0.151 e. The number of hydrogen-bond acceptors (Lipinski definition) is 8. The van der Waals surface area contributed by atoms with Crippen molar-refractivity contribution in [1.82, 2.24) is 30.9 Å². The number of nitrogens with zero attached hydrogens (tertiary/aromatic N) is 6. The number of benzene rings is 1. The van der Waals surface area contributed by atoms with Gasteiger partial charge in [0.15, 0.2) is 5.82 Å². The first-order valence-electron chi connectivity index (χ1n) is 10.8. The number of piperidine rings is 1. The number of hydrogen-bond donors (Lipinski definition) is 2. The van der Waals surface area contributed by atoms with E-state index in [0.717, 1.165) is 18.7 Å². The molecule has 8 nitrogen and oxygen atoms in total. The molecule has 4 heterocycles. The van der Waals surface area contributed by atoms with E-state index in [1.54, 1.807) is 6.07 Å². The van der Waals surface area contributed by atoms with Gasteiger partial charge in [-0.05, 0) is 69.0 Å². The molecule has 32 heavy (non-hydrogen) atoms. The quantitative estimate of drug-likeness (QED) is 0.644. The van der Waals surface area contributed by atoms with E-state index in [1.807, 2.05) is 6.07 Å². The Labute approximate surface area is 185 Å². The third-order valence-corrected chi connectivity index (χ3v) is 6.93. The molecule has 0 amide bonds. The highest BCUT2D eigenvalue weighted by Crippen LogP contribution is 2.44. The molecule has 0 saturated carbocycles. The molecule has 2 saturated heterocycles. The zero-order chi connectivity index (χ0) is 22.5. The number of halogens is 1. The Hall–Kier alpha value is -3.20. The summed E-state index contributed by atoms with van der Waals surface area (Å²) in [6, 6.07) is 6.60. The van der Waals surface area contributed by atoms with Crippen molar-refractivity contribution < 1.29 is 9.50 Å². The van der Waals surface area contributed by atoms with E-state index in [9.17, 15) is 9.50 Å². The van der Waals surface area contributed by atoms with Crippen molar-refractivity contribution in [3.05, 3.63) is 42.5 Å². The second-order valence-corrected chi connectivity index (χ2v) is 9.58. The first-order chi connectivity index (χ1) is 15.3. The molecule has 0 unspecified atom stereocenters. The molecular formula is C23H26FN7O. The molecular weight excluding hydrogens is 409 g/mol. The number of nitrogens with one attached hydrogen (secondary N) is 1. The van der Waals surface area contributed by atoms with Crippen molar-refractivity contribution in [2.24, 2.45) is 0 Å². The molecule has 1 aromatic carbocycles. The monoisotopic (exact) mass is 435 g/mol. The predicted octanol–water partition coefficient (Wildman–Crippen LogP) is 3.34. The van der Waals surface area contributed by atoms with Crippen LogP contribution in [0.15, 0.2) is 36.7 Å². The largest absolute Gasteiger partial charge is 0.507 e. The molecule has 3 atom stereocenters. The van der Waals surface area contributed by atoms with Gasteiger partial charge in [-0.15, -0.1) is 20.4 Å². The second kappa shape index (κ2) is 7.44. The van der Waals surface area contributed by atoms with Crippen LogP contribution in [0, 0.1) is 5.82 Å². The molecule has 0 aliphatic carbocycles. The average molecular weight is 436 g/mol. The number of aromatic nitrogens is 5. The second-order valence-electron chi connectivity index (χ2n) is 9.58. The zero-order valence-electron chi connectivity index (χ0n) is 18.4. The molecule has 2 aliphatic rings. The van der Waals surface area contributed by atoms with Crippen molar-refractivity contribution in [3.8, 4) is 28.1 Å². The number of fused-ring (bicyclic) bond motifs is 2. The highest BCUT2D eigenvalue weighted by atomic mass is 19.1. The van der Waals surface area contributed by atoms with Crippen LogP contribution in [0.2, 0.25) is 0 Å². The van der Waals surface area contributed by atoms with Gasteiger partial charge in [-0.1, -0.05) is 0 Å². The van der Waals surface area contributed by atoms with Crippen molar-refractivity contribution in [3.63, 3.8) is 0 Å². The van der Waals surface area contributed by atoms with Crippen LogP contribution in [-0.4, -0.2) is 54.9 Å². The summed E-state index contributed by atoms with van der Waals surface area (Å²) < 4.78 is 14.8. The van der Waals surface area contributed by atoms with Gasteiger partial charge < -0.3 is 15.3 Å². The third-order valence-electron chi connectivity index (χ3n) is 6.93. The summed E-state index contributed by atoms with van der Waals surface area (Å²) in [4.78, 5) is 2.19. The summed E-state index contributed by atoms with van der Waals surface area (Å²) in [5.41, 5.74) is 1.62. The molecule has 0 radical (unpaired) electrons. The number of rotatable bonds is 4. The summed E-state index contributed by atoms with van der Waals surface area (Å²) in [7, 11) is 2.05. The van der Waals surface area contributed by atoms with Gasteiger partial charge in [0.2, 0.25) is 0 Å². The van der Waals surface area contributed by atoms with Gasteiger partial charge in [-0.25, -0.2) is 4.39 Å². The van der Waals surface area contributed by atoms with Gasteiger partial charge in [0.1, 0.15) is 11.6 Å². The summed E-state index contributed by atoms with van der Waals surface area (Å²) in [5, 5.41) is 33.8. The summed E-state index contributed by atoms with van der Waals surface area (Å²) >= 11 is 0. The van der Waals surface area contributed by atoms with Crippen molar-refractivity contribution in [2.45, 2.75) is 56.7 Å². The van der Waals surface area contributed by atoms with Crippen LogP contribution in [0.1, 0.15) is 39.5 Å². The van der Waals surface area contributed by atoms with Crippen molar-refractivity contribution >= 4 is 5.82 Å². The van der Waals surface area contributed by atoms with E-state index in [0.29, 0.717) is 17.3 Å². The minimum Gasteiger partial charge on any atom is -0.507 e. The van der Waals surface area contributed by atoms with Gasteiger partial charge in [-0.2, -0.15) is 0 Å². The Bertz CT molecular complexity index is 1130. The third kappa shape index (κ3) is 3.66. The van der Waals surface area contributed by atoms with Gasteiger partial charge >= 0.3 is 0 Å². The number of anilines is 1. The highest BCUT2D eigenvalue weighted by molar-refractivity contribution is 5.74. The SMILES string of the molecule is CN(c1ccc(-c2cc(F)c(-c3cnnnc3)cc2O)nn1)[C@@H]1C[C@]2(C)CC[C@](C)(C1)N2. The van der Waals surface area contributed by atoms with Crippen LogP contribution in [0.25, 0.3) is 22.4 Å². The summed E-state index contributed by atoms with van der Waals surface area (Å²) in [6.45, 7) is 4.60. The first kappa shape index (κ1) is 20.7. The standard InChI is InChI=1S/C23H26FN7O/c1-22-6-7-23(2,29-22)11-15(10-22)31(3)21-5-4-19(27-28-21)17-8-18(24)16(9-20(17)32)14-12-25-30-26-13-14/h4-5,8-9,12-13,15,29,32H,6-7,10-11H2,1-3H3/t15-,22+,23-. The lowest BCUT2D eigenvalue weighted by atomic mass is 9.84. The van der Waals surface area contributed by atoms with E-state index in [-0.39, 0.29) is 28.0 Å². The molecule has 2 bridgehead atoms. The Morgan fingerprint density at radius 2 is 1.72 bits per heavy atom. The van der Waals surface area contributed by atoms with Gasteiger partial charge in [-0.3, -0.25) is 0 Å². The Kier molecular flexibility index (Phi) is 4.81. The topological polar surface area (TPSA) is 100.0 Å². The average Bonchev–Trinajstić information content (AvgIpc) is 3.02. The van der Waals surface area contributed by atoms with Crippen LogP contribution >= 0.6 is 0 Å². The van der Waals surface area contributed by atoms with Crippen LogP contribution in [0.4, 0.5) is 10.2 Å². The molecule has 0 spiro atoms. The maximum absolute atomic E-state index is 14.8. The highest BCUT2D eigenvalue weighted by Gasteiger charge is 2.49. The Balaban J connectivity index is 1.39. The van der Waals surface area contributed by atoms with Crippen LogP contribution in [0.5, 0.6) is 5.75 Å². The minimum absolute atomic E-state index is 0.0932. The molecule has 9 heteroatoms. The number of phenolic OH excluding ortho intramolecular Hbond substituents is 1. The van der Waals surface area contributed by atoms with E-state index in [4.69, 9.17) is 0 Å². The number of phenols is 1. The fourth-order valence-electron chi connectivity index (χ4n) is 5.31. The maximum Gasteiger partial charge on any atom is 0.151 e. The minimum atomic E-state index is -0.512.